The summed E-state index contributed by atoms with van der Waals surface area (Å²) in [5, 5.41) is 9.29. The zero-order chi connectivity index (χ0) is 32.3. The summed E-state index contributed by atoms with van der Waals surface area (Å²) >= 11 is 5.58. The van der Waals surface area contributed by atoms with Crippen molar-refractivity contribution in [3.05, 3.63) is 29.3 Å². The van der Waals surface area contributed by atoms with Crippen molar-refractivity contribution in [1.29, 1.82) is 5.26 Å². The van der Waals surface area contributed by atoms with Gasteiger partial charge in [0.25, 0.3) is 5.91 Å². The first-order valence-corrected chi connectivity index (χ1v) is 15.6. The molecule has 7 nitrogen and oxygen atoms in total. The van der Waals surface area contributed by atoms with E-state index in [0.717, 1.165) is 75.2 Å². The molecule has 2 fully saturated rings. The molecule has 2 atom stereocenters. The first-order chi connectivity index (χ1) is 19.9. The second-order valence-electron chi connectivity index (χ2n) is 13.5. The molecule has 2 heterocycles. The molecule has 0 spiro atoms. The van der Waals surface area contributed by atoms with Crippen LogP contribution in [0.3, 0.4) is 0 Å². The van der Waals surface area contributed by atoms with E-state index < -0.39 is 22.8 Å². The molecule has 2 aliphatic heterocycles. The lowest BCUT2D eigenvalue weighted by Crippen LogP contribution is -2.59. The van der Waals surface area contributed by atoms with Crippen molar-refractivity contribution in [3.63, 3.8) is 0 Å². The van der Waals surface area contributed by atoms with Gasteiger partial charge in [-0.2, -0.15) is 18.4 Å². The number of piperazine rings is 1. The number of halogens is 3. The van der Waals surface area contributed by atoms with Gasteiger partial charge in [0.2, 0.25) is 5.91 Å². The molecule has 0 bridgehead atoms. The molecule has 2 aliphatic rings. The average molecular weight is 622 g/mol. The Morgan fingerprint density at radius 2 is 1.53 bits per heavy atom. The average Bonchev–Trinajstić information content (AvgIpc) is 3.07. The predicted molar refractivity (Wildman–Crippen MR) is 166 cm³/mol. The van der Waals surface area contributed by atoms with E-state index in [-0.39, 0.29) is 28.0 Å². The summed E-state index contributed by atoms with van der Waals surface area (Å²) < 4.78 is 40.6. The summed E-state index contributed by atoms with van der Waals surface area (Å²) in [5.41, 5.74) is -2.91. The molecule has 0 saturated carbocycles. The van der Waals surface area contributed by atoms with E-state index in [0.29, 0.717) is 18.6 Å². The van der Waals surface area contributed by atoms with Crippen LogP contribution < -0.4 is 4.90 Å². The van der Waals surface area contributed by atoms with Crippen LogP contribution in [0.5, 0.6) is 0 Å². The number of carbonyl (C=O) groups excluding carboxylic acids is 2. The molecule has 0 radical (unpaired) electrons. The molecule has 0 N–H and O–H groups in total. The Morgan fingerprint density at radius 3 is 2.05 bits per heavy atom. The maximum atomic E-state index is 13.5. The summed E-state index contributed by atoms with van der Waals surface area (Å²) in [6, 6.07) is 5.47. The molecule has 2 amide bonds. The summed E-state index contributed by atoms with van der Waals surface area (Å²) in [6.07, 6.45) is 1.39. The van der Waals surface area contributed by atoms with Gasteiger partial charge in [-0.1, -0.05) is 46.5 Å². The smallest absolute Gasteiger partial charge is 0.339 e. The van der Waals surface area contributed by atoms with Crippen molar-refractivity contribution >= 4 is 34.8 Å². The fourth-order valence-corrected chi connectivity index (χ4v) is 6.66. The number of anilines is 1. The van der Waals surface area contributed by atoms with Crippen molar-refractivity contribution in [1.82, 2.24) is 14.7 Å². The van der Waals surface area contributed by atoms with Gasteiger partial charge >= 0.3 is 6.18 Å². The standard InChI is InChI=1S/C32H46F3N5O2S/c1-22-20-37(27(41)30(3,4)5)21-23(2)38(22)16-12-10-8-9-11-13-17-39-29(43)40(28(42)31(39,6)7)25-15-14-24(19-36)26(18-25)32(33,34)35/h14-15,18,22-23H,8-13,16-17,20-21H2,1-7H3/t22-,23+. The Labute approximate surface area is 260 Å². The third kappa shape index (κ3) is 7.88. The largest absolute Gasteiger partial charge is 0.417 e. The van der Waals surface area contributed by atoms with E-state index in [4.69, 9.17) is 17.5 Å². The van der Waals surface area contributed by atoms with Gasteiger partial charge in [0.1, 0.15) is 5.54 Å². The highest BCUT2D eigenvalue weighted by Crippen LogP contribution is 2.38. The maximum Gasteiger partial charge on any atom is 0.417 e. The third-order valence-corrected chi connectivity index (χ3v) is 8.99. The second-order valence-corrected chi connectivity index (χ2v) is 13.9. The lowest BCUT2D eigenvalue weighted by Gasteiger charge is -2.46. The number of nitrogens with zero attached hydrogens (tertiary/aromatic N) is 5. The lowest BCUT2D eigenvalue weighted by molar-refractivity contribution is -0.144. The molecule has 238 valence electrons. The summed E-state index contributed by atoms with van der Waals surface area (Å²) in [4.78, 5) is 33.5. The van der Waals surface area contributed by atoms with E-state index in [1.165, 1.54) is 6.07 Å². The number of hydrogen-bond donors (Lipinski definition) is 0. The number of benzene rings is 1. The topological polar surface area (TPSA) is 70.9 Å². The fraction of sp³-hybridized carbons (Fsp3) is 0.688. The Balaban J connectivity index is 1.45. The van der Waals surface area contributed by atoms with Gasteiger partial charge < -0.3 is 9.80 Å². The van der Waals surface area contributed by atoms with Crippen molar-refractivity contribution in [3.8, 4) is 6.07 Å². The summed E-state index contributed by atoms with van der Waals surface area (Å²) in [5.74, 6) is -0.173. The zero-order valence-electron chi connectivity index (χ0n) is 26.6. The quantitative estimate of drug-likeness (QED) is 0.217. The van der Waals surface area contributed by atoms with Crippen molar-refractivity contribution in [2.45, 2.75) is 111 Å². The SMILES string of the molecule is C[C@@H]1CN(C(=O)C(C)(C)C)C[C@H](C)N1CCCCCCCCN1C(=S)N(c2ccc(C#N)c(C(F)(F)F)c2)C(=O)C1(C)C. The highest BCUT2D eigenvalue weighted by Gasteiger charge is 2.49. The highest BCUT2D eigenvalue weighted by molar-refractivity contribution is 7.80. The zero-order valence-corrected chi connectivity index (χ0v) is 27.4. The van der Waals surface area contributed by atoms with Crippen LogP contribution in [-0.2, 0) is 15.8 Å². The monoisotopic (exact) mass is 621 g/mol. The predicted octanol–water partition coefficient (Wildman–Crippen LogP) is 6.60. The maximum absolute atomic E-state index is 13.5. The van der Waals surface area contributed by atoms with Crippen molar-refractivity contribution in [2.75, 3.05) is 31.1 Å². The Bertz CT molecular complexity index is 1220. The van der Waals surface area contributed by atoms with Crippen LogP contribution in [0.2, 0.25) is 0 Å². The number of rotatable bonds is 10. The fourth-order valence-electron chi connectivity index (χ4n) is 6.15. The van der Waals surface area contributed by atoms with E-state index in [9.17, 15) is 22.8 Å². The van der Waals surface area contributed by atoms with Gasteiger partial charge in [-0.05, 0) is 77.5 Å². The van der Waals surface area contributed by atoms with Gasteiger partial charge in [-0.3, -0.25) is 19.4 Å². The Morgan fingerprint density at radius 1 is 1.00 bits per heavy atom. The number of carbonyl (C=O) groups is 2. The Hall–Kier alpha value is -2.71. The van der Waals surface area contributed by atoms with Crippen LogP contribution in [0.25, 0.3) is 0 Å². The molecule has 1 aromatic rings. The number of nitriles is 1. The lowest BCUT2D eigenvalue weighted by atomic mass is 9.93. The van der Waals surface area contributed by atoms with E-state index in [1.807, 2.05) is 25.7 Å². The van der Waals surface area contributed by atoms with Crippen LogP contribution >= 0.6 is 12.2 Å². The molecule has 0 unspecified atom stereocenters. The first-order valence-electron chi connectivity index (χ1n) is 15.2. The summed E-state index contributed by atoms with van der Waals surface area (Å²) in [6.45, 7) is 16.9. The Kier molecular flexibility index (Phi) is 10.9. The molecule has 0 aromatic heterocycles. The van der Waals surface area contributed by atoms with Gasteiger partial charge in [-0.15, -0.1) is 0 Å². The van der Waals surface area contributed by atoms with Gasteiger partial charge in [-0.25, -0.2) is 0 Å². The summed E-state index contributed by atoms with van der Waals surface area (Å²) in [7, 11) is 0. The third-order valence-electron chi connectivity index (χ3n) is 8.59. The first kappa shape index (κ1) is 34.8. The van der Waals surface area contributed by atoms with Crippen LogP contribution in [0.1, 0.15) is 98.1 Å². The van der Waals surface area contributed by atoms with E-state index in [1.54, 1.807) is 24.8 Å². The number of hydrogen-bond acceptors (Lipinski definition) is 5. The van der Waals surface area contributed by atoms with Crippen LogP contribution in [-0.4, -0.2) is 75.4 Å². The van der Waals surface area contributed by atoms with Crippen LogP contribution in [0.4, 0.5) is 18.9 Å². The molecule has 43 heavy (non-hydrogen) atoms. The van der Waals surface area contributed by atoms with Crippen LogP contribution in [0, 0.1) is 16.7 Å². The molecule has 0 aliphatic carbocycles. The van der Waals surface area contributed by atoms with Gasteiger partial charge in [0.05, 0.1) is 22.9 Å². The van der Waals surface area contributed by atoms with Crippen molar-refractivity contribution in [2.24, 2.45) is 5.41 Å². The minimum Gasteiger partial charge on any atom is -0.339 e. The number of thiocarbonyl (C=S) groups is 1. The minimum atomic E-state index is -4.72. The second kappa shape index (κ2) is 13.5. The molecule has 2 saturated heterocycles. The molecular weight excluding hydrogens is 575 g/mol. The number of amides is 2. The molecular formula is C32H46F3N5O2S. The molecule has 1 aromatic carbocycles. The number of alkyl halides is 3. The van der Waals surface area contributed by atoms with Crippen molar-refractivity contribution < 1.29 is 22.8 Å². The van der Waals surface area contributed by atoms with Gasteiger partial charge in [0.15, 0.2) is 5.11 Å². The van der Waals surface area contributed by atoms with Crippen LogP contribution in [0.15, 0.2) is 18.2 Å². The molecule has 3 rings (SSSR count). The van der Waals surface area contributed by atoms with E-state index in [2.05, 4.69) is 18.7 Å². The molecule has 11 heteroatoms. The van der Waals surface area contributed by atoms with E-state index >= 15 is 0 Å². The normalized spacial score (nSPS) is 21.5. The number of unbranched alkanes of at least 4 members (excludes halogenated alkanes) is 5. The van der Waals surface area contributed by atoms with Gasteiger partial charge in [0, 0.05) is 37.1 Å². The highest BCUT2D eigenvalue weighted by atomic mass is 32.1. The minimum absolute atomic E-state index is 0.0164.